The molecule has 5 rings (SSSR count). The molecule has 5 nitrogen and oxygen atoms in total. The van der Waals surface area contributed by atoms with Crippen LogP contribution in [-0.4, -0.2) is 37.5 Å². The molecule has 0 radical (unpaired) electrons. The zero-order chi connectivity index (χ0) is 17.4. The largest absolute Gasteiger partial charge is 0.351 e. The molecule has 26 heavy (non-hydrogen) atoms. The van der Waals surface area contributed by atoms with Gasteiger partial charge in [0, 0.05) is 12.5 Å². The third kappa shape index (κ3) is 4.36. The van der Waals surface area contributed by atoms with Crippen LogP contribution in [0.1, 0.15) is 58.3 Å². The highest BCUT2D eigenvalue weighted by Crippen LogP contribution is 2.61. The molecule has 0 spiro atoms. The first-order valence-electron chi connectivity index (χ1n) is 10.3. The Hall–Kier alpha value is -0.810. The summed E-state index contributed by atoms with van der Waals surface area (Å²) < 4.78 is 0. The molecule has 3 N–H and O–H groups in total. The minimum absolute atomic E-state index is 0. The molecule has 0 aromatic rings. The van der Waals surface area contributed by atoms with Crippen LogP contribution in [-0.2, 0) is 9.59 Å². The maximum Gasteiger partial charge on any atom is 0.239 e. The normalized spacial score (nSPS) is 40.6. The third-order valence-electron chi connectivity index (χ3n) is 7.28. The molecule has 1 saturated heterocycles. The molecule has 0 aromatic heterocycles. The minimum Gasteiger partial charge on any atom is -0.351 e. The van der Waals surface area contributed by atoms with Crippen LogP contribution in [0.2, 0.25) is 0 Å². The van der Waals surface area contributed by atoms with Crippen LogP contribution >= 0.6 is 12.4 Å². The first-order chi connectivity index (χ1) is 12.0. The van der Waals surface area contributed by atoms with E-state index in [4.69, 9.17) is 0 Å². The van der Waals surface area contributed by atoms with Crippen molar-refractivity contribution in [1.82, 2.24) is 16.0 Å². The summed E-state index contributed by atoms with van der Waals surface area (Å²) in [6.07, 6.45) is 9.52. The van der Waals surface area contributed by atoms with Crippen molar-refractivity contribution < 1.29 is 9.59 Å². The zero-order valence-corrected chi connectivity index (χ0v) is 16.7. The Kier molecular flexibility index (Phi) is 6.18. The predicted molar refractivity (Wildman–Crippen MR) is 104 cm³/mol. The number of hydrogen-bond acceptors (Lipinski definition) is 3. The monoisotopic (exact) mass is 383 g/mol. The molecule has 4 saturated carbocycles. The maximum absolute atomic E-state index is 12.5. The van der Waals surface area contributed by atoms with Gasteiger partial charge in [-0.3, -0.25) is 9.59 Å². The van der Waals surface area contributed by atoms with Gasteiger partial charge in [0.2, 0.25) is 11.8 Å². The van der Waals surface area contributed by atoms with Crippen molar-refractivity contribution in [2.75, 3.05) is 19.6 Å². The van der Waals surface area contributed by atoms with Gasteiger partial charge in [-0.05, 0) is 87.1 Å². The van der Waals surface area contributed by atoms with E-state index in [-0.39, 0.29) is 42.2 Å². The maximum atomic E-state index is 12.5. The number of halogens is 1. The highest BCUT2D eigenvalue weighted by Gasteiger charge is 2.51. The Bertz CT molecular complexity index is 504. The second kappa shape index (κ2) is 8.05. The smallest absolute Gasteiger partial charge is 0.239 e. The molecule has 5 fully saturated rings. The summed E-state index contributed by atoms with van der Waals surface area (Å²) in [5.74, 6) is 3.07. The average Bonchev–Trinajstić information content (AvgIpc) is 2.53. The van der Waals surface area contributed by atoms with Gasteiger partial charge in [-0.25, -0.2) is 0 Å². The standard InChI is InChI=1S/C20H33N3O2.ClH/c1-13-11-21-3-2-17(13)23-19(25)12-22-18(24)10-20-7-14-4-15(8-20)6-16(5-14)9-20;/h13-17,21H,2-12H2,1H3,(H,22,24)(H,23,25);1H. The molecule has 2 unspecified atom stereocenters. The van der Waals surface area contributed by atoms with E-state index in [1.54, 1.807) is 0 Å². The Morgan fingerprint density at radius 1 is 1.04 bits per heavy atom. The molecule has 1 heterocycles. The molecule has 148 valence electrons. The number of hydrogen-bond donors (Lipinski definition) is 3. The van der Waals surface area contributed by atoms with Crippen molar-refractivity contribution in [2.45, 2.75) is 64.3 Å². The number of amides is 2. The molecule has 6 heteroatoms. The van der Waals surface area contributed by atoms with Gasteiger partial charge >= 0.3 is 0 Å². The Morgan fingerprint density at radius 2 is 1.65 bits per heavy atom. The van der Waals surface area contributed by atoms with Gasteiger partial charge in [-0.2, -0.15) is 0 Å². The lowest BCUT2D eigenvalue weighted by Gasteiger charge is -2.56. The number of carbonyl (C=O) groups excluding carboxylic acids is 2. The third-order valence-corrected chi connectivity index (χ3v) is 7.28. The summed E-state index contributed by atoms with van der Waals surface area (Å²) >= 11 is 0. The highest BCUT2D eigenvalue weighted by atomic mass is 35.5. The highest BCUT2D eigenvalue weighted by molar-refractivity contribution is 5.85. The number of nitrogens with one attached hydrogen (secondary N) is 3. The molecule has 4 aliphatic carbocycles. The van der Waals surface area contributed by atoms with Crippen LogP contribution in [0.5, 0.6) is 0 Å². The minimum atomic E-state index is -0.0439. The van der Waals surface area contributed by atoms with Gasteiger partial charge < -0.3 is 16.0 Å². The van der Waals surface area contributed by atoms with Crippen LogP contribution in [0.25, 0.3) is 0 Å². The van der Waals surface area contributed by atoms with Crippen LogP contribution in [0, 0.1) is 29.1 Å². The summed E-state index contributed by atoms with van der Waals surface area (Å²) in [6.45, 7) is 4.18. The van der Waals surface area contributed by atoms with Crippen molar-refractivity contribution in [3.05, 3.63) is 0 Å². The van der Waals surface area contributed by atoms with Crippen LogP contribution < -0.4 is 16.0 Å². The van der Waals surface area contributed by atoms with E-state index < -0.39 is 0 Å². The number of rotatable bonds is 5. The van der Waals surface area contributed by atoms with Crippen molar-refractivity contribution >= 4 is 24.2 Å². The van der Waals surface area contributed by atoms with Crippen molar-refractivity contribution in [1.29, 1.82) is 0 Å². The first kappa shape index (κ1) is 19.9. The fourth-order valence-electron chi connectivity index (χ4n) is 6.57. The fourth-order valence-corrected chi connectivity index (χ4v) is 6.57. The fraction of sp³-hybridized carbons (Fsp3) is 0.900. The number of carbonyl (C=O) groups is 2. The van der Waals surface area contributed by atoms with E-state index in [0.29, 0.717) is 12.3 Å². The predicted octanol–water partition coefficient (Wildman–Crippen LogP) is 2.25. The SMILES string of the molecule is CC1CNCCC1NC(=O)CNC(=O)CC12CC3CC(CC(C3)C1)C2.Cl. The van der Waals surface area contributed by atoms with Crippen molar-refractivity contribution in [3.8, 4) is 0 Å². The second-order valence-electron chi connectivity index (χ2n) is 9.52. The van der Waals surface area contributed by atoms with Gasteiger partial charge in [0.1, 0.15) is 0 Å². The second-order valence-corrected chi connectivity index (χ2v) is 9.52. The topological polar surface area (TPSA) is 70.2 Å². The molecule has 1 aliphatic heterocycles. The molecular formula is C20H34ClN3O2. The summed E-state index contributed by atoms with van der Waals surface area (Å²) in [5, 5.41) is 9.32. The molecule has 0 aromatic carbocycles. The van der Waals surface area contributed by atoms with E-state index in [0.717, 1.165) is 37.3 Å². The van der Waals surface area contributed by atoms with Crippen LogP contribution in [0.3, 0.4) is 0 Å². The summed E-state index contributed by atoms with van der Waals surface area (Å²) in [6, 6.07) is 0.230. The lowest BCUT2D eigenvalue weighted by atomic mass is 9.49. The van der Waals surface area contributed by atoms with Crippen molar-refractivity contribution in [3.63, 3.8) is 0 Å². The lowest BCUT2D eigenvalue weighted by Crippen LogP contribution is -2.51. The lowest BCUT2D eigenvalue weighted by molar-refractivity contribution is -0.132. The average molecular weight is 384 g/mol. The van der Waals surface area contributed by atoms with E-state index in [1.165, 1.54) is 38.5 Å². The molecule has 5 aliphatic rings. The van der Waals surface area contributed by atoms with E-state index in [1.807, 2.05) is 0 Å². The Morgan fingerprint density at radius 3 is 2.23 bits per heavy atom. The Labute approximate surface area is 163 Å². The van der Waals surface area contributed by atoms with E-state index in [9.17, 15) is 9.59 Å². The van der Waals surface area contributed by atoms with Gasteiger partial charge in [0.25, 0.3) is 0 Å². The number of piperidine rings is 1. The van der Waals surface area contributed by atoms with Gasteiger partial charge in [-0.15, -0.1) is 12.4 Å². The summed E-state index contributed by atoms with van der Waals surface area (Å²) in [7, 11) is 0. The van der Waals surface area contributed by atoms with Gasteiger partial charge in [-0.1, -0.05) is 6.92 Å². The summed E-state index contributed by atoms with van der Waals surface area (Å²) in [4.78, 5) is 24.7. The van der Waals surface area contributed by atoms with Crippen LogP contribution in [0.15, 0.2) is 0 Å². The molecule has 2 atom stereocenters. The zero-order valence-electron chi connectivity index (χ0n) is 15.9. The van der Waals surface area contributed by atoms with Gasteiger partial charge in [0.05, 0.1) is 6.54 Å². The summed E-state index contributed by atoms with van der Waals surface area (Å²) in [5.41, 5.74) is 0.249. The van der Waals surface area contributed by atoms with Crippen LogP contribution in [0.4, 0.5) is 0 Å². The molecule has 2 amide bonds. The molecular weight excluding hydrogens is 350 g/mol. The molecule has 4 bridgehead atoms. The quantitative estimate of drug-likeness (QED) is 0.681. The van der Waals surface area contributed by atoms with E-state index in [2.05, 4.69) is 22.9 Å². The van der Waals surface area contributed by atoms with Crippen molar-refractivity contribution in [2.24, 2.45) is 29.1 Å². The van der Waals surface area contributed by atoms with Gasteiger partial charge in [0.15, 0.2) is 0 Å². The van der Waals surface area contributed by atoms with E-state index >= 15 is 0 Å². The first-order valence-corrected chi connectivity index (χ1v) is 10.3. The Balaban J connectivity index is 0.00000196.